The Morgan fingerprint density at radius 1 is 1.14 bits per heavy atom. The molecule has 0 heterocycles. The van der Waals surface area contributed by atoms with E-state index in [9.17, 15) is 4.79 Å². The van der Waals surface area contributed by atoms with E-state index in [0.717, 1.165) is 24.8 Å². The molecule has 2 rings (SSSR count). The molecule has 0 radical (unpaired) electrons. The summed E-state index contributed by atoms with van der Waals surface area (Å²) in [5.74, 6) is 0.371. The molecule has 0 spiro atoms. The van der Waals surface area contributed by atoms with E-state index in [2.05, 4.69) is 38.7 Å². The lowest BCUT2D eigenvalue weighted by molar-refractivity contribution is -0.111. The van der Waals surface area contributed by atoms with Crippen molar-refractivity contribution in [1.29, 1.82) is 0 Å². The number of allylic oxidation sites excluding steroid dienone is 6. The molecule has 0 aliphatic heterocycles. The lowest BCUT2D eigenvalue weighted by Gasteiger charge is -2.20. The maximum Gasteiger partial charge on any atom is 0.185 e. The number of fused-ring (bicyclic) bond motifs is 1. The molecule has 0 aromatic rings. The Morgan fingerprint density at radius 2 is 1.86 bits per heavy atom. The summed E-state index contributed by atoms with van der Waals surface area (Å²) in [6.07, 6.45) is 15.6. The van der Waals surface area contributed by atoms with Gasteiger partial charge < -0.3 is 0 Å². The Kier molecular flexibility index (Phi) is 6.02. The number of ketones is 1. The summed E-state index contributed by atoms with van der Waals surface area (Å²) in [4.78, 5) is 13.0. The molecule has 0 fully saturated rings. The third kappa shape index (κ3) is 3.89. The number of carbonyl (C=O) groups excluding carboxylic acids is 1. The second kappa shape index (κ2) is 7.59. The fraction of sp³-hybridized carbons (Fsp3) is 0.650. The van der Waals surface area contributed by atoms with Gasteiger partial charge in [-0.15, -0.1) is 0 Å². The van der Waals surface area contributed by atoms with E-state index in [1.165, 1.54) is 54.9 Å². The molecule has 2 aliphatic rings. The first-order valence-electron chi connectivity index (χ1n) is 9.16. The van der Waals surface area contributed by atoms with Crippen LogP contribution in [-0.4, -0.2) is 13.9 Å². The Balaban J connectivity index is 2.11. The van der Waals surface area contributed by atoms with Crippen LogP contribution in [0.3, 0.4) is 0 Å². The largest absolute Gasteiger partial charge is 0.289 e. The molecule has 1 nitrogen and oxygen atoms in total. The summed E-state index contributed by atoms with van der Waals surface area (Å²) >= 11 is 0. The number of unbranched alkanes of at least 4 members (excludes halogenated alkanes) is 5. The van der Waals surface area contributed by atoms with Gasteiger partial charge in [0.15, 0.2) is 5.78 Å². The first-order valence-corrected chi connectivity index (χ1v) is 12.7. The van der Waals surface area contributed by atoms with Gasteiger partial charge in [-0.3, -0.25) is 4.79 Å². The number of Topliss-reactive ketones (excluding diaryl/α,β-unsaturated/α-hetero) is 1. The highest BCUT2D eigenvalue weighted by Crippen LogP contribution is 2.43. The summed E-state index contributed by atoms with van der Waals surface area (Å²) in [6.45, 7) is 9.19. The van der Waals surface area contributed by atoms with E-state index in [0.29, 0.717) is 5.78 Å². The lowest BCUT2D eigenvalue weighted by Crippen LogP contribution is -2.28. The van der Waals surface area contributed by atoms with E-state index in [4.69, 9.17) is 0 Å². The second-order valence-corrected chi connectivity index (χ2v) is 12.8. The SMILES string of the molecule is CCCCCCC/C=C1/C(=O)C([Si](C)(C)C)=C2CCCC=C21. The van der Waals surface area contributed by atoms with Gasteiger partial charge in [0.2, 0.25) is 0 Å². The van der Waals surface area contributed by atoms with Crippen LogP contribution in [0.4, 0.5) is 0 Å². The molecule has 2 aliphatic carbocycles. The van der Waals surface area contributed by atoms with E-state index in [1.54, 1.807) is 0 Å². The van der Waals surface area contributed by atoms with Gasteiger partial charge >= 0.3 is 0 Å². The quantitative estimate of drug-likeness (QED) is 0.313. The number of rotatable bonds is 7. The van der Waals surface area contributed by atoms with E-state index < -0.39 is 8.07 Å². The highest BCUT2D eigenvalue weighted by molar-refractivity contribution is 6.88. The molecular formula is C20H32OSi. The van der Waals surface area contributed by atoms with Gasteiger partial charge in [-0.25, -0.2) is 0 Å². The van der Waals surface area contributed by atoms with Gasteiger partial charge in [-0.05, 0) is 48.4 Å². The third-order valence-corrected chi connectivity index (χ3v) is 6.80. The van der Waals surface area contributed by atoms with E-state index >= 15 is 0 Å². The lowest BCUT2D eigenvalue weighted by atomic mass is 9.93. The van der Waals surface area contributed by atoms with Crippen molar-refractivity contribution in [1.82, 2.24) is 0 Å². The standard InChI is InChI=1S/C20H32OSi/c1-5-6-7-8-9-10-14-17-16-13-11-12-15-18(16)20(19(17)21)22(2,3)4/h13-14H,5-12,15H2,1-4H3/b17-14+. The Bertz CT molecular complexity index is 514. The minimum atomic E-state index is -1.55. The van der Waals surface area contributed by atoms with Gasteiger partial charge in [0, 0.05) is 5.57 Å². The van der Waals surface area contributed by atoms with Crippen LogP contribution in [0.15, 0.2) is 34.1 Å². The van der Waals surface area contributed by atoms with Crippen LogP contribution in [0.2, 0.25) is 19.6 Å². The minimum absolute atomic E-state index is 0.371. The van der Waals surface area contributed by atoms with Crippen molar-refractivity contribution < 1.29 is 4.79 Å². The molecule has 0 aromatic heterocycles. The zero-order valence-corrected chi connectivity index (χ0v) is 15.9. The highest BCUT2D eigenvalue weighted by Gasteiger charge is 2.39. The monoisotopic (exact) mass is 316 g/mol. The maximum atomic E-state index is 13.0. The summed E-state index contributed by atoms with van der Waals surface area (Å²) < 4.78 is 0. The number of carbonyl (C=O) groups is 1. The van der Waals surface area contributed by atoms with Crippen molar-refractivity contribution >= 4 is 13.9 Å². The second-order valence-electron chi connectivity index (χ2n) is 7.76. The average molecular weight is 317 g/mol. The van der Waals surface area contributed by atoms with E-state index in [-0.39, 0.29) is 0 Å². The summed E-state index contributed by atoms with van der Waals surface area (Å²) in [7, 11) is -1.55. The maximum absolute atomic E-state index is 13.0. The molecule has 0 amide bonds. The minimum Gasteiger partial charge on any atom is -0.289 e. The van der Waals surface area contributed by atoms with Gasteiger partial charge in [-0.1, -0.05) is 64.4 Å². The van der Waals surface area contributed by atoms with Crippen LogP contribution in [0, 0.1) is 0 Å². The predicted molar refractivity (Wildman–Crippen MR) is 98.8 cm³/mol. The van der Waals surface area contributed by atoms with Crippen molar-refractivity contribution in [2.75, 3.05) is 0 Å². The zero-order valence-electron chi connectivity index (χ0n) is 14.9. The van der Waals surface area contributed by atoms with Crippen molar-refractivity contribution in [3.05, 3.63) is 34.1 Å². The average Bonchev–Trinajstić information content (AvgIpc) is 2.74. The molecule has 0 saturated heterocycles. The molecule has 0 unspecified atom stereocenters. The predicted octanol–water partition coefficient (Wildman–Crippen LogP) is 6.14. The topological polar surface area (TPSA) is 17.1 Å². The van der Waals surface area contributed by atoms with Crippen LogP contribution in [0.5, 0.6) is 0 Å². The van der Waals surface area contributed by atoms with Crippen LogP contribution in [-0.2, 0) is 4.79 Å². The molecule has 22 heavy (non-hydrogen) atoms. The van der Waals surface area contributed by atoms with Gasteiger partial charge in [0.1, 0.15) is 0 Å². The molecule has 0 saturated carbocycles. The van der Waals surface area contributed by atoms with Crippen LogP contribution in [0.25, 0.3) is 0 Å². The Labute approximate surface area is 137 Å². The molecule has 0 aromatic carbocycles. The molecule has 122 valence electrons. The van der Waals surface area contributed by atoms with Crippen LogP contribution >= 0.6 is 0 Å². The highest BCUT2D eigenvalue weighted by atomic mass is 28.3. The molecule has 0 atom stereocenters. The molecule has 2 heteroatoms. The summed E-state index contributed by atoms with van der Waals surface area (Å²) in [5.41, 5.74) is 3.76. The smallest absolute Gasteiger partial charge is 0.185 e. The van der Waals surface area contributed by atoms with Crippen molar-refractivity contribution in [3.8, 4) is 0 Å². The molecule has 0 N–H and O–H groups in total. The van der Waals surface area contributed by atoms with E-state index in [1.807, 2.05) is 0 Å². The third-order valence-electron chi connectivity index (χ3n) is 4.77. The fourth-order valence-electron chi connectivity index (χ4n) is 3.70. The normalized spacial score (nSPS) is 20.6. The number of hydrogen-bond donors (Lipinski definition) is 0. The van der Waals surface area contributed by atoms with Crippen molar-refractivity contribution in [2.24, 2.45) is 0 Å². The number of hydrogen-bond acceptors (Lipinski definition) is 1. The van der Waals surface area contributed by atoms with Gasteiger partial charge in [0.05, 0.1) is 8.07 Å². The van der Waals surface area contributed by atoms with Crippen molar-refractivity contribution in [2.45, 2.75) is 84.4 Å². The van der Waals surface area contributed by atoms with Gasteiger partial charge in [-0.2, -0.15) is 0 Å². The van der Waals surface area contributed by atoms with Crippen molar-refractivity contribution in [3.63, 3.8) is 0 Å². The fourth-order valence-corrected chi connectivity index (χ4v) is 5.68. The first-order chi connectivity index (χ1) is 10.5. The van der Waals surface area contributed by atoms with Crippen LogP contribution < -0.4 is 0 Å². The Morgan fingerprint density at radius 3 is 2.55 bits per heavy atom. The van der Waals surface area contributed by atoms with Gasteiger partial charge in [0.25, 0.3) is 0 Å². The molecule has 0 bridgehead atoms. The Hall–Kier alpha value is -0.893. The molecular weight excluding hydrogens is 284 g/mol. The zero-order chi connectivity index (χ0) is 16.2. The van der Waals surface area contributed by atoms with Crippen LogP contribution in [0.1, 0.15) is 64.7 Å². The summed E-state index contributed by atoms with van der Waals surface area (Å²) in [5, 5.41) is 1.22. The summed E-state index contributed by atoms with van der Waals surface area (Å²) in [6, 6.07) is 0. The first kappa shape index (κ1) is 17.5.